The Labute approximate surface area is 410 Å². The van der Waals surface area contributed by atoms with E-state index in [1.165, 1.54) is 11.3 Å². The maximum absolute atomic E-state index is 13.8. The van der Waals surface area contributed by atoms with E-state index in [1.807, 2.05) is 18.2 Å². The third kappa shape index (κ3) is 12.6. The number of pyridine rings is 2. The lowest BCUT2D eigenvalue weighted by molar-refractivity contribution is -0.669. The molecule has 8 rings (SSSR count). The summed E-state index contributed by atoms with van der Waals surface area (Å²) in [6.07, 6.45) is 14.3. The van der Waals surface area contributed by atoms with Gasteiger partial charge in [-0.3, -0.25) is 33.9 Å². The van der Waals surface area contributed by atoms with Crippen LogP contribution in [-0.2, 0) is 30.4 Å². The number of nitrogens with zero attached hydrogens (tertiary/aromatic N) is 6. The maximum atomic E-state index is 13.8. The van der Waals surface area contributed by atoms with Crippen LogP contribution in [0.1, 0.15) is 61.1 Å². The molecule has 0 saturated carbocycles. The quantitative estimate of drug-likeness (QED) is 0.0510. The zero-order chi connectivity index (χ0) is 48.7. The van der Waals surface area contributed by atoms with Crippen molar-refractivity contribution in [2.75, 3.05) is 99.2 Å². The second-order valence-corrected chi connectivity index (χ2v) is 17.4. The number of ether oxygens (including phenoxy) is 2. The van der Waals surface area contributed by atoms with Gasteiger partial charge >= 0.3 is 0 Å². The van der Waals surface area contributed by atoms with E-state index in [9.17, 15) is 19.2 Å². The van der Waals surface area contributed by atoms with Gasteiger partial charge in [0.25, 0.3) is 5.91 Å². The highest BCUT2D eigenvalue weighted by Gasteiger charge is 2.31. The van der Waals surface area contributed by atoms with Gasteiger partial charge in [0.2, 0.25) is 28.9 Å². The molecule has 0 unspecified atom stereocenters. The van der Waals surface area contributed by atoms with Crippen molar-refractivity contribution >= 4 is 75.3 Å². The number of carbonyl (C=O) groups excluding carboxylic acids is 4. The predicted octanol–water partition coefficient (Wildman–Crippen LogP) is 7.19. The minimum Gasteiger partial charge on any atom is -0.378 e. The summed E-state index contributed by atoms with van der Waals surface area (Å²) in [5.41, 5.74) is 7.99. The minimum absolute atomic E-state index is 0.0581. The fraction of sp³-hybridized carbons (Fsp3) is 0.345. The second-order valence-electron chi connectivity index (χ2n) is 17.4. The van der Waals surface area contributed by atoms with Gasteiger partial charge in [0.1, 0.15) is 6.54 Å². The monoisotopic (exact) mass is 946 g/mol. The summed E-state index contributed by atoms with van der Waals surface area (Å²) in [5.74, 6) is -0.123. The topological polar surface area (TPSA) is 153 Å². The smallest absolute Gasteiger partial charge is 0.257 e. The average molecular weight is 947 g/mol. The van der Waals surface area contributed by atoms with Crippen molar-refractivity contribution < 1.29 is 33.2 Å². The highest BCUT2D eigenvalue weighted by molar-refractivity contribution is 6.17. The molecule has 0 bridgehead atoms. The van der Waals surface area contributed by atoms with Crippen molar-refractivity contribution in [3.63, 3.8) is 0 Å². The molecule has 0 spiro atoms. The summed E-state index contributed by atoms with van der Waals surface area (Å²) in [6.45, 7) is 12.3. The van der Waals surface area contributed by atoms with Crippen molar-refractivity contribution in [1.82, 2.24) is 20.1 Å². The molecule has 4 amide bonds. The molecule has 15 heteroatoms. The molecule has 0 radical (unpaired) electrons. The van der Waals surface area contributed by atoms with Gasteiger partial charge in [-0.05, 0) is 92.9 Å². The summed E-state index contributed by atoms with van der Waals surface area (Å²) in [7, 11) is 0. The number of rotatable bonds is 21. The summed E-state index contributed by atoms with van der Waals surface area (Å²) in [6, 6.07) is 29.3. The zero-order valence-electron chi connectivity index (χ0n) is 40.3. The highest BCUT2D eigenvalue weighted by atomic mass is 16.5. The first-order valence-corrected chi connectivity index (χ1v) is 24.5. The lowest BCUT2D eigenvalue weighted by Gasteiger charge is -2.35. The Morgan fingerprint density at radius 3 is 2.37 bits per heavy atom. The molecule has 1 fully saturated rings. The van der Waals surface area contributed by atoms with E-state index in [0.29, 0.717) is 81.4 Å². The van der Waals surface area contributed by atoms with Crippen LogP contribution in [0.25, 0.3) is 23.1 Å². The fourth-order valence-electron chi connectivity index (χ4n) is 9.12. The van der Waals surface area contributed by atoms with Crippen molar-refractivity contribution in [2.24, 2.45) is 0 Å². The van der Waals surface area contributed by atoms with Crippen LogP contribution in [0.15, 0.2) is 121 Å². The molecule has 3 aromatic carbocycles. The molecule has 15 nitrogen and oxygen atoms in total. The molecule has 1 saturated heterocycles. The number of anilines is 5. The Balaban J connectivity index is 0.656. The van der Waals surface area contributed by atoms with E-state index in [4.69, 9.17) is 9.47 Å². The number of hydrogen-bond donors (Lipinski definition) is 3. The van der Waals surface area contributed by atoms with Crippen LogP contribution in [0.3, 0.4) is 0 Å². The van der Waals surface area contributed by atoms with Crippen molar-refractivity contribution in [3.05, 3.63) is 138 Å². The van der Waals surface area contributed by atoms with Crippen LogP contribution in [0, 0.1) is 0 Å². The first kappa shape index (κ1) is 49.4. The molecule has 2 aromatic heterocycles. The number of allylic oxidation sites excluding steroid dienone is 3. The number of fused-ring (bicyclic) bond motifs is 4. The molecule has 5 aromatic rings. The predicted molar refractivity (Wildman–Crippen MR) is 276 cm³/mol. The SMILES string of the molecule is CCN1/C(=C/C=C/c2ccc3cc(NC(=O)CCCCC(=O)NCCOCCOCCN4CCN(CC(=O)N5c6ccccc6C(=O)Nc6cccnc65)CC4)ccc3[n+]2CC)C=Cc2ccccc21. The molecular weight excluding hydrogens is 883 g/mol. The van der Waals surface area contributed by atoms with Crippen molar-refractivity contribution in [1.29, 1.82) is 0 Å². The number of aryl methyl sites for hydroxylation is 1. The van der Waals surface area contributed by atoms with Gasteiger partial charge < -0.3 is 30.3 Å². The van der Waals surface area contributed by atoms with E-state index < -0.39 is 0 Å². The standard InChI is InChI=1S/C55H63N9O6/c1-3-62-44(25-22-41-13-5-7-18-48(41)62)14-11-15-45-26-23-42-39-43(24-27-49(42)63(45)4-2)58-52(66)21-10-9-20-51(65)56-29-35-69-37-38-70-36-34-60-30-32-61(33-31-60)40-53(67)64-50-19-8-6-16-46(50)55(68)59-47-17-12-28-57-54(47)64/h5-8,11-19,22-28,39H,3-4,9-10,20-21,29-38,40H2,1-2H3,(H2-,56,58,59,65,66,68)/p+1. The number of hydrogen-bond acceptors (Lipinski definition) is 10. The van der Waals surface area contributed by atoms with Crippen LogP contribution < -0.4 is 30.3 Å². The van der Waals surface area contributed by atoms with Gasteiger partial charge in [-0.2, -0.15) is 4.57 Å². The van der Waals surface area contributed by atoms with Crippen LogP contribution >= 0.6 is 0 Å². The number of piperazine rings is 1. The first-order chi connectivity index (χ1) is 34.3. The largest absolute Gasteiger partial charge is 0.378 e. The van der Waals surface area contributed by atoms with Crippen LogP contribution in [-0.4, -0.2) is 117 Å². The third-order valence-electron chi connectivity index (χ3n) is 12.7. The number of amides is 4. The molecule has 0 aliphatic carbocycles. The summed E-state index contributed by atoms with van der Waals surface area (Å²) in [4.78, 5) is 64.7. The van der Waals surface area contributed by atoms with Gasteiger partial charge in [-0.15, -0.1) is 0 Å². The Morgan fingerprint density at radius 1 is 0.800 bits per heavy atom. The fourth-order valence-corrected chi connectivity index (χ4v) is 9.12. The first-order valence-electron chi connectivity index (χ1n) is 24.5. The van der Waals surface area contributed by atoms with Gasteiger partial charge in [-0.25, -0.2) is 4.98 Å². The van der Waals surface area contributed by atoms with Crippen LogP contribution in [0.5, 0.6) is 0 Å². The number of unbranched alkanes of at least 4 members (excludes halogenated alkanes) is 1. The maximum Gasteiger partial charge on any atom is 0.257 e. The number of nitrogens with one attached hydrogen (secondary N) is 3. The number of likely N-dealkylation sites (N-methyl/N-ethyl adjacent to an activating group) is 1. The van der Waals surface area contributed by atoms with Crippen LogP contribution in [0.4, 0.5) is 28.6 Å². The number of para-hydroxylation sites is 2. The van der Waals surface area contributed by atoms with Crippen molar-refractivity contribution in [3.8, 4) is 0 Å². The molecule has 3 aliphatic rings. The van der Waals surface area contributed by atoms with Gasteiger partial charge in [-0.1, -0.05) is 42.5 Å². The van der Waals surface area contributed by atoms with Gasteiger partial charge in [0.05, 0.1) is 49.9 Å². The summed E-state index contributed by atoms with van der Waals surface area (Å²) < 4.78 is 13.7. The Kier molecular flexibility index (Phi) is 17.3. The summed E-state index contributed by atoms with van der Waals surface area (Å²) in [5, 5.41) is 9.86. The normalized spacial score (nSPS) is 15.4. The van der Waals surface area contributed by atoms with E-state index >= 15 is 0 Å². The van der Waals surface area contributed by atoms with E-state index in [-0.39, 0.29) is 30.2 Å². The van der Waals surface area contributed by atoms with Gasteiger partial charge in [0.15, 0.2) is 5.82 Å². The Hall–Kier alpha value is -7.04. The lowest BCUT2D eigenvalue weighted by atomic mass is 10.1. The highest BCUT2D eigenvalue weighted by Crippen LogP contribution is 2.36. The molecule has 70 heavy (non-hydrogen) atoms. The minimum atomic E-state index is -0.269. The van der Waals surface area contributed by atoms with E-state index in [1.54, 1.807) is 41.4 Å². The second kappa shape index (κ2) is 24.5. The van der Waals surface area contributed by atoms with E-state index in [2.05, 4.69) is 127 Å². The number of carbonyl (C=O) groups is 4. The molecule has 0 atom stereocenters. The average Bonchev–Trinajstić information content (AvgIpc) is 3.50. The number of aromatic nitrogens is 2. The molecule has 3 N–H and O–H groups in total. The zero-order valence-corrected chi connectivity index (χ0v) is 40.3. The Bertz CT molecular complexity index is 2750. The third-order valence-corrected chi connectivity index (χ3v) is 12.7. The van der Waals surface area contributed by atoms with Crippen LogP contribution in [0.2, 0.25) is 0 Å². The molecular formula is C55H64N9O6+. The molecule has 5 heterocycles. The van der Waals surface area contributed by atoms with Crippen molar-refractivity contribution in [2.45, 2.75) is 46.1 Å². The number of benzene rings is 3. The Morgan fingerprint density at radius 2 is 1.56 bits per heavy atom. The molecule has 3 aliphatic heterocycles. The summed E-state index contributed by atoms with van der Waals surface area (Å²) >= 11 is 0. The van der Waals surface area contributed by atoms with E-state index in [0.717, 1.165) is 73.8 Å². The molecule has 364 valence electrons. The lowest BCUT2D eigenvalue weighted by Crippen LogP contribution is -2.50. The van der Waals surface area contributed by atoms with Gasteiger partial charge in [0, 0.05) is 106 Å².